The van der Waals surface area contributed by atoms with Gasteiger partial charge >= 0.3 is 0 Å². The maximum absolute atomic E-state index is 13.1. The number of carbonyl (C=O) groups excluding carboxylic acids is 1. The fourth-order valence-corrected chi connectivity index (χ4v) is 6.31. The number of fused-ring (bicyclic) bond motifs is 1. The van der Waals surface area contributed by atoms with Crippen LogP contribution in [0.2, 0.25) is 0 Å². The van der Waals surface area contributed by atoms with E-state index in [1.807, 2.05) is 35.2 Å². The number of sulfonamides is 1. The van der Waals surface area contributed by atoms with Crippen LogP contribution < -0.4 is 14.4 Å². The van der Waals surface area contributed by atoms with Gasteiger partial charge in [-0.25, -0.2) is 8.42 Å². The zero-order chi connectivity index (χ0) is 26.0. The molecule has 1 aliphatic carbocycles. The molecule has 1 aliphatic heterocycles. The van der Waals surface area contributed by atoms with E-state index in [0.29, 0.717) is 43.3 Å². The number of aryl methyl sites for hydroxylation is 1. The number of methoxy groups -OCH3 is 1. The van der Waals surface area contributed by atoms with E-state index in [9.17, 15) is 13.2 Å². The van der Waals surface area contributed by atoms with Gasteiger partial charge in [0.05, 0.1) is 17.7 Å². The highest BCUT2D eigenvalue weighted by molar-refractivity contribution is 7.92. The molecule has 1 saturated heterocycles. The molecular formula is C29H33N3O4S. The Labute approximate surface area is 219 Å². The average Bonchev–Trinajstić information content (AvgIpc) is 2.92. The van der Waals surface area contributed by atoms with Crippen molar-refractivity contribution in [3.8, 4) is 5.75 Å². The number of para-hydroxylation sites is 2. The Bertz CT molecular complexity index is 1380. The van der Waals surface area contributed by atoms with Crippen LogP contribution in [-0.2, 0) is 22.9 Å². The van der Waals surface area contributed by atoms with Gasteiger partial charge in [0.2, 0.25) is 0 Å². The summed E-state index contributed by atoms with van der Waals surface area (Å²) in [5, 5.41) is 0. The van der Waals surface area contributed by atoms with Crippen LogP contribution in [0.3, 0.4) is 0 Å². The van der Waals surface area contributed by atoms with Crippen molar-refractivity contribution in [2.75, 3.05) is 42.9 Å². The number of piperazine rings is 1. The van der Waals surface area contributed by atoms with Crippen molar-refractivity contribution in [3.05, 3.63) is 83.4 Å². The van der Waals surface area contributed by atoms with Crippen molar-refractivity contribution in [1.82, 2.24) is 4.90 Å². The van der Waals surface area contributed by atoms with E-state index in [-0.39, 0.29) is 10.8 Å². The Balaban J connectivity index is 1.22. The predicted octanol–water partition coefficient (Wildman–Crippen LogP) is 4.58. The van der Waals surface area contributed by atoms with Crippen LogP contribution in [-0.4, -0.2) is 52.5 Å². The molecule has 1 N–H and O–H groups in total. The smallest absolute Gasteiger partial charge is 0.261 e. The summed E-state index contributed by atoms with van der Waals surface area (Å²) in [5.41, 5.74) is 4.36. The lowest BCUT2D eigenvalue weighted by Crippen LogP contribution is -2.48. The molecule has 0 spiro atoms. The van der Waals surface area contributed by atoms with Crippen molar-refractivity contribution < 1.29 is 17.9 Å². The summed E-state index contributed by atoms with van der Waals surface area (Å²) >= 11 is 0. The number of nitrogens with zero attached hydrogens (tertiary/aromatic N) is 2. The molecule has 0 aromatic heterocycles. The van der Waals surface area contributed by atoms with Gasteiger partial charge in [0.15, 0.2) is 0 Å². The van der Waals surface area contributed by atoms with Crippen LogP contribution in [0, 0.1) is 5.92 Å². The quantitative estimate of drug-likeness (QED) is 0.516. The molecule has 1 heterocycles. The first kappa shape index (κ1) is 25.1. The van der Waals surface area contributed by atoms with E-state index in [0.717, 1.165) is 36.3 Å². The van der Waals surface area contributed by atoms with Crippen molar-refractivity contribution in [2.45, 2.75) is 31.1 Å². The Hall–Kier alpha value is -3.52. The van der Waals surface area contributed by atoms with Crippen LogP contribution in [0.4, 0.5) is 11.4 Å². The van der Waals surface area contributed by atoms with Crippen LogP contribution >= 0.6 is 0 Å². The second kappa shape index (κ2) is 10.5. The molecule has 1 fully saturated rings. The topological polar surface area (TPSA) is 79.0 Å². The molecule has 0 radical (unpaired) electrons. The number of hydrogen-bond acceptors (Lipinski definition) is 5. The number of benzene rings is 3. The first-order chi connectivity index (χ1) is 17.8. The second-order valence-corrected chi connectivity index (χ2v) is 11.6. The fraction of sp³-hybridized carbons (Fsp3) is 0.345. The number of carbonyl (C=O) groups is 1. The molecule has 3 aromatic rings. The molecule has 7 nitrogen and oxygen atoms in total. The van der Waals surface area contributed by atoms with Gasteiger partial charge in [-0.3, -0.25) is 9.52 Å². The fourth-order valence-electron chi connectivity index (χ4n) is 5.20. The van der Waals surface area contributed by atoms with Gasteiger partial charge in [-0.15, -0.1) is 0 Å². The standard InChI is InChI=1S/C29H33N3O4S/c1-21-7-8-22-11-14-26(20-24(22)19-21)37(34,35)30-25-12-9-23(10-13-25)29(33)32-17-15-31(16-18-32)27-5-3-4-6-28(27)36-2/h3-6,9-14,20-21,30H,7-8,15-19H2,1-2H3. The van der Waals surface area contributed by atoms with Gasteiger partial charge in [0.25, 0.3) is 15.9 Å². The van der Waals surface area contributed by atoms with Crippen LogP contribution in [0.1, 0.15) is 34.8 Å². The van der Waals surface area contributed by atoms with E-state index in [2.05, 4.69) is 16.5 Å². The van der Waals surface area contributed by atoms with E-state index in [1.54, 1.807) is 43.5 Å². The van der Waals surface area contributed by atoms with E-state index in [4.69, 9.17) is 4.74 Å². The summed E-state index contributed by atoms with van der Waals surface area (Å²) in [6.45, 7) is 4.82. The maximum Gasteiger partial charge on any atom is 0.261 e. The molecule has 1 unspecified atom stereocenters. The zero-order valence-electron chi connectivity index (χ0n) is 21.3. The molecule has 0 saturated carbocycles. The SMILES string of the molecule is COc1ccccc1N1CCN(C(=O)c2ccc(NS(=O)(=O)c3ccc4c(c3)CC(C)CC4)cc2)CC1. The number of ether oxygens (including phenoxy) is 1. The molecule has 2 aliphatic rings. The summed E-state index contributed by atoms with van der Waals surface area (Å²) in [7, 11) is -2.05. The minimum absolute atomic E-state index is 0.0575. The lowest BCUT2D eigenvalue weighted by Gasteiger charge is -2.36. The molecule has 1 amide bonds. The molecule has 37 heavy (non-hydrogen) atoms. The summed E-state index contributed by atoms with van der Waals surface area (Å²) in [5.74, 6) is 1.33. The highest BCUT2D eigenvalue weighted by atomic mass is 32.2. The lowest BCUT2D eigenvalue weighted by atomic mass is 9.85. The highest BCUT2D eigenvalue weighted by Crippen LogP contribution is 2.30. The molecular weight excluding hydrogens is 486 g/mol. The molecule has 194 valence electrons. The summed E-state index contributed by atoms with van der Waals surface area (Å²) in [6, 6.07) is 20.0. The number of nitrogens with one attached hydrogen (secondary N) is 1. The van der Waals surface area contributed by atoms with E-state index >= 15 is 0 Å². The van der Waals surface area contributed by atoms with Gasteiger partial charge in [-0.2, -0.15) is 0 Å². The maximum atomic E-state index is 13.1. The Morgan fingerprint density at radius 3 is 2.41 bits per heavy atom. The number of amides is 1. The Morgan fingerprint density at radius 1 is 0.946 bits per heavy atom. The zero-order valence-corrected chi connectivity index (χ0v) is 22.1. The van der Waals surface area contributed by atoms with Crippen molar-refractivity contribution in [3.63, 3.8) is 0 Å². The summed E-state index contributed by atoms with van der Waals surface area (Å²) in [4.78, 5) is 17.4. The van der Waals surface area contributed by atoms with Crippen molar-refractivity contribution in [2.24, 2.45) is 5.92 Å². The number of rotatable bonds is 6. The van der Waals surface area contributed by atoms with Crippen LogP contribution in [0.15, 0.2) is 71.6 Å². The first-order valence-corrected chi connectivity index (χ1v) is 14.2. The molecule has 1 atom stereocenters. The highest BCUT2D eigenvalue weighted by Gasteiger charge is 2.24. The van der Waals surface area contributed by atoms with Gasteiger partial charge in [0.1, 0.15) is 5.75 Å². The predicted molar refractivity (Wildman–Crippen MR) is 146 cm³/mol. The lowest BCUT2D eigenvalue weighted by molar-refractivity contribution is 0.0746. The molecule has 3 aromatic carbocycles. The normalized spacial score (nSPS) is 17.7. The van der Waals surface area contributed by atoms with Crippen molar-refractivity contribution >= 4 is 27.3 Å². The first-order valence-electron chi connectivity index (χ1n) is 12.8. The van der Waals surface area contributed by atoms with Gasteiger partial charge < -0.3 is 14.5 Å². The molecule has 0 bridgehead atoms. The third-order valence-corrected chi connectivity index (χ3v) is 8.72. The number of hydrogen-bond donors (Lipinski definition) is 1. The van der Waals surface area contributed by atoms with Crippen molar-refractivity contribution in [1.29, 1.82) is 0 Å². The van der Waals surface area contributed by atoms with Crippen LogP contribution in [0.5, 0.6) is 5.75 Å². The van der Waals surface area contributed by atoms with E-state index < -0.39 is 10.0 Å². The average molecular weight is 520 g/mol. The Kier molecular flexibility index (Phi) is 7.11. The third-order valence-electron chi connectivity index (χ3n) is 7.34. The van der Waals surface area contributed by atoms with Gasteiger partial charge in [-0.05, 0) is 84.8 Å². The molecule has 8 heteroatoms. The van der Waals surface area contributed by atoms with Gasteiger partial charge in [-0.1, -0.05) is 25.1 Å². The minimum atomic E-state index is -3.72. The second-order valence-electron chi connectivity index (χ2n) is 9.91. The summed E-state index contributed by atoms with van der Waals surface area (Å²) in [6.07, 6.45) is 3.04. The third kappa shape index (κ3) is 5.44. The monoisotopic (exact) mass is 519 g/mol. The largest absolute Gasteiger partial charge is 0.495 e. The minimum Gasteiger partial charge on any atom is -0.495 e. The molecule has 5 rings (SSSR count). The Morgan fingerprint density at radius 2 is 1.68 bits per heavy atom. The van der Waals surface area contributed by atoms with Gasteiger partial charge in [0, 0.05) is 37.4 Å². The summed E-state index contributed by atoms with van der Waals surface area (Å²) < 4.78 is 34.2. The van der Waals surface area contributed by atoms with E-state index in [1.165, 1.54) is 5.56 Å². The van der Waals surface area contributed by atoms with Crippen LogP contribution in [0.25, 0.3) is 0 Å². The number of anilines is 2.